The summed E-state index contributed by atoms with van der Waals surface area (Å²) in [6, 6.07) is 1.70. The second-order valence-electron chi connectivity index (χ2n) is 3.57. The van der Waals surface area contributed by atoms with Gasteiger partial charge >= 0.3 is 0 Å². The molecule has 1 aliphatic carbocycles. The van der Waals surface area contributed by atoms with Crippen LogP contribution in [0.15, 0.2) is 0 Å². The predicted molar refractivity (Wildman–Crippen MR) is 38.3 cm³/mol. The molecule has 1 N–H and O–H groups in total. The van der Waals surface area contributed by atoms with E-state index in [1.54, 1.807) is 0 Å². The average molecular weight is 125 g/mol. The minimum atomic E-state index is 0.817. The van der Waals surface area contributed by atoms with E-state index in [4.69, 9.17) is 0 Å². The highest BCUT2D eigenvalue weighted by molar-refractivity contribution is 4.90. The summed E-state index contributed by atoms with van der Waals surface area (Å²) >= 11 is 0. The van der Waals surface area contributed by atoms with Crippen LogP contribution >= 0.6 is 0 Å². The van der Waals surface area contributed by atoms with Crippen molar-refractivity contribution in [2.75, 3.05) is 0 Å². The molecule has 2 bridgehead atoms. The van der Waals surface area contributed by atoms with Gasteiger partial charge in [0.2, 0.25) is 0 Å². The number of piperidine rings is 2. The van der Waals surface area contributed by atoms with Crippen LogP contribution in [-0.4, -0.2) is 12.1 Å². The van der Waals surface area contributed by atoms with E-state index in [2.05, 4.69) is 12.2 Å². The van der Waals surface area contributed by atoms with Gasteiger partial charge in [-0.3, -0.25) is 0 Å². The molecular formula is C8H15N. The van der Waals surface area contributed by atoms with Crippen LogP contribution in [-0.2, 0) is 0 Å². The molecule has 1 saturated carbocycles. The summed E-state index contributed by atoms with van der Waals surface area (Å²) in [4.78, 5) is 0. The molecule has 52 valence electrons. The Morgan fingerprint density at radius 1 is 1.11 bits per heavy atom. The van der Waals surface area contributed by atoms with Crippen molar-refractivity contribution in [3.63, 3.8) is 0 Å². The number of rotatable bonds is 0. The highest BCUT2D eigenvalue weighted by atomic mass is 15.0. The van der Waals surface area contributed by atoms with E-state index in [1.807, 2.05) is 0 Å². The first-order valence-electron chi connectivity index (χ1n) is 4.12. The fourth-order valence-corrected chi connectivity index (χ4v) is 2.29. The molecule has 2 aliphatic heterocycles. The van der Waals surface area contributed by atoms with E-state index in [1.165, 1.54) is 25.7 Å². The van der Waals surface area contributed by atoms with Gasteiger partial charge in [-0.1, -0.05) is 0 Å². The summed E-state index contributed by atoms with van der Waals surface area (Å²) in [5.74, 6) is 1.01. The van der Waals surface area contributed by atoms with Gasteiger partial charge in [0.15, 0.2) is 0 Å². The molecule has 0 unspecified atom stereocenters. The van der Waals surface area contributed by atoms with Gasteiger partial charge in [0, 0.05) is 12.1 Å². The normalized spacial score (nSPS) is 49.7. The van der Waals surface area contributed by atoms with E-state index in [9.17, 15) is 0 Å². The van der Waals surface area contributed by atoms with Crippen molar-refractivity contribution in [2.45, 2.75) is 44.7 Å². The highest BCUT2D eigenvalue weighted by Crippen LogP contribution is 2.32. The van der Waals surface area contributed by atoms with Crippen molar-refractivity contribution < 1.29 is 0 Å². The topological polar surface area (TPSA) is 12.0 Å². The van der Waals surface area contributed by atoms with Crippen LogP contribution in [0, 0.1) is 5.92 Å². The molecule has 0 aromatic carbocycles. The Hall–Kier alpha value is -0.0400. The van der Waals surface area contributed by atoms with E-state index in [0.717, 1.165) is 18.0 Å². The molecule has 3 rings (SSSR count). The predicted octanol–water partition coefficient (Wildman–Crippen LogP) is 1.54. The maximum Gasteiger partial charge on any atom is 0.00698 e. The third-order valence-corrected chi connectivity index (χ3v) is 2.98. The largest absolute Gasteiger partial charge is 0.311 e. The van der Waals surface area contributed by atoms with Crippen LogP contribution in [0.2, 0.25) is 0 Å². The molecule has 1 nitrogen and oxygen atoms in total. The quantitative estimate of drug-likeness (QED) is 0.518. The van der Waals surface area contributed by atoms with Crippen molar-refractivity contribution in [1.82, 2.24) is 5.32 Å². The molecule has 2 saturated heterocycles. The van der Waals surface area contributed by atoms with Gasteiger partial charge in [-0.25, -0.2) is 0 Å². The summed E-state index contributed by atoms with van der Waals surface area (Å²) in [5.41, 5.74) is 0. The SMILES string of the molecule is C[C@H]1NC2CCC1CC2. The minimum Gasteiger partial charge on any atom is -0.311 e. The smallest absolute Gasteiger partial charge is 0.00698 e. The second kappa shape index (κ2) is 1.98. The van der Waals surface area contributed by atoms with Gasteiger partial charge < -0.3 is 5.32 Å². The maximum absolute atomic E-state index is 3.62. The van der Waals surface area contributed by atoms with Crippen LogP contribution in [0.1, 0.15) is 32.6 Å². The third-order valence-electron chi connectivity index (χ3n) is 2.98. The van der Waals surface area contributed by atoms with Crippen LogP contribution < -0.4 is 5.32 Å². The van der Waals surface area contributed by atoms with Crippen molar-refractivity contribution in [2.24, 2.45) is 5.92 Å². The Kier molecular flexibility index (Phi) is 1.26. The lowest BCUT2D eigenvalue weighted by atomic mass is 9.77. The standard InChI is InChI=1S/C8H15N/c1-6-7-2-4-8(9-6)5-3-7/h6-9H,2-5H2,1H3/t6-,7?,8?/m1/s1. The molecule has 2 heterocycles. The number of nitrogens with one attached hydrogen (secondary N) is 1. The Bertz CT molecular complexity index is 103. The van der Waals surface area contributed by atoms with Gasteiger partial charge in [-0.2, -0.15) is 0 Å². The fraction of sp³-hybridized carbons (Fsp3) is 1.00. The van der Waals surface area contributed by atoms with Crippen molar-refractivity contribution in [3.05, 3.63) is 0 Å². The Morgan fingerprint density at radius 2 is 1.78 bits per heavy atom. The van der Waals surface area contributed by atoms with Gasteiger partial charge in [0.1, 0.15) is 0 Å². The Balaban J connectivity index is 2.06. The second-order valence-corrected chi connectivity index (χ2v) is 3.57. The zero-order valence-electron chi connectivity index (χ0n) is 6.06. The summed E-state index contributed by atoms with van der Waals surface area (Å²) < 4.78 is 0. The lowest BCUT2D eigenvalue weighted by Crippen LogP contribution is -2.50. The molecule has 3 fully saturated rings. The first-order valence-corrected chi connectivity index (χ1v) is 4.12. The van der Waals surface area contributed by atoms with E-state index in [0.29, 0.717) is 0 Å². The molecule has 9 heavy (non-hydrogen) atoms. The van der Waals surface area contributed by atoms with E-state index in [-0.39, 0.29) is 0 Å². The van der Waals surface area contributed by atoms with Crippen LogP contribution in [0.3, 0.4) is 0 Å². The summed E-state index contributed by atoms with van der Waals surface area (Å²) in [6.07, 6.45) is 5.85. The number of hydrogen-bond donors (Lipinski definition) is 1. The molecule has 0 spiro atoms. The van der Waals surface area contributed by atoms with Crippen LogP contribution in [0.5, 0.6) is 0 Å². The van der Waals surface area contributed by atoms with Gasteiger partial charge in [-0.15, -0.1) is 0 Å². The fourth-order valence-electron chi connectivity index (χ4n) is 2.29. The van der Waals surface area contributed by atoms with Crippen LogP contribution in [0.25, 0.3) is 0 Å². The molecule has 3 aliphatic rings. The Labute approximate surface area is 56.8 Å². The zero-order chi connectivity index (χ0) is 6.27. The molecule has 1 heteroatoms. The van der Waals surface area contributed by atoms with Gasteiger partial charge in [0.05, 0.1) is 0 Å². The zero-order valence-corrected chi connectivity index (χ0v) is 6.06. The van der Waals surface area contributed by atoms with Gasteiger partial charge in [0.25, 0.3) is 0 Å². The highest BCUT2D eigenvalue weighted by Gasteiger charge is 2.31. The van der Waals surface area contributed by atoms with Gasteiger partial charge in [-0.05, 0) is 38.5 Å². The first-order chi connectivity index (χ1) is 4.36. The molecule has 0 amide bonds. The van der Waals surface area contributed by atoms with E-state index < -0.39 is 0 Å². The lowest BCUT2D eigenvalue weighted by Gasteiger charge is -2.42. The minimum absolute atomic E-state index is 0.817. The number of hydrogen-bond acceptors (Lipinski definition) is 1. The molecule has 0 aromatic heterocycles. The number of fused-ring (bicyclic) bond motifs is 3. The third kappa shape index (κ3) is 0.877. The average Bonchev–Trinajstić information content (AvgIpc) is 1.90. The maximum atomic E-state index is 3.62. The van der Waals surface area contributed by atoms with Crippen molar-refractivity contribution in [3.8, 4) is 0 Å². The van der Waals surface area contributed by atoms with Crippen molar-refractivity contribution in [1.29, 1.82) is 0 Å². The van der Waals surface area contributed by atoms with Crippen LogP contribution in [0.4, 0.5) is 0 Å². The summed E-state index contributed by atoms with van der Waals surface area (Å²) in [6.45, 7) is 2.33. The van der Waals surface area contributed by atoms with E-state index >= 15 is 0 Å². The molecule has 0 radical (unpaired) electrons. The van der Waals surface area contributed by atoms with Crippen molar-refractivity contribution >= 4 is 0 Å². The molecule has 0 aromatic rings. The summed E-state index contributed by atoms with van der Waals surface area (Å²) in [7, 11) is 0. The lowest BCUT2D eigenvalue weighted by molar-refractivity contribution is 0.159. The molecule has 1 atom stereocenters. The molecular weight excluding hydrogens is 110 g/mol. The Morgan fingerprint density at radius 3 is 2.00 bits per heavy atom. The monoisotopic (exact) mass is 125 g/mol. The first kappa shape index (κ1) is 5.72. The summed E-state index contributed by atoms with van der Waals surface area (Å²) in [5, 5.41) is 3.62.